The molecular formula is C26H25N3O2S2. The van der Waals surface area contributed by atoms with E-state index in [9.17, 15) is 9.59 Å². The van der Waals surface area contributed by atoms with Crippen molar-refractivity contribution in [3.8, 4) is 11.1 Å². The molecule has 7 heteroatoms. The number of thioether (sulfide) groups is 1. The largest absolute Gasteiger partial charge is 0.351 e. The maximum Gasteiger partial charge on any atom is 0.263 e. The zero-order valence-corrected chi connectivity index (χ0v) is 20.3. The molecule has 4 rings (SSSR count). The van der Waals surface area contributed by atoms with Gasteiger partial charge in [0, 0.05) is 24.0 Å². The van der Waals surface area contributed by atoms with Crippen molar-refractivity contribution in [2.75, 3.05) is 5.75 Å². The van der Waals surface area contributed by atoms with Crippen molar-refractivity contribution in [2.24, 2.45) is 0 Å². The molecule has 0 atom stereocenters. The number of aromatic nitrogens is 2. The summed E-state index contributed by atoms with van der Waals surface area (Å²) in [5.41, 5.74) is 5.16. The summed E-state index contributed by atoms with van der Waals surface area (Å²) in [6.45, 7) is 8.65. The lowest BCUT2D eigenvalue weighted by Crippen LogP contribution is -2.26. The first-order chi connectivity index (χ1) is 16.0. The third kappa shape index (κ3) is 5.26. The lowest BCUT2D eigenvalue weighted by Gasteiger charge is -2.11. The number of benzene rings is 2. The van der Waals surface area contributed by atoms with E-state index < -0.39 is 0 Å². The summed E-state index contributed by atoms with van der Waals surface area (Å²) in [6.07, 6.45) is 1.67. The highest BCUT2D eigenvalue weighted by atomic mass is 32.2. The van der Waals surface area contributed by atoms with Gasteiger partial charge in [0.2, 0.25) is 5.91 Å². The van der Waals surface area contributed by atoms with E-state index in [0.29, 0.717) is 28.5 Å². The van der Waals surface area contributed by atoms with E-state index in [1.165, 1.54) is 34.2 Å². The zero-order chi connectivity index (χ0) is 23.4. The molecule has 0 aliphatic rings. The molecule has 0 aliphatic carbocycles. The Morgan fingerprint density at radius 3 is 2.45 bits per heavy atom. The Balaban J connectivity index is 1.55. The molecule has 0 unspecified atom stereocenters. The van der Waals surface area contributed by atoms with E-state index in [1.807, 2.05) is 67.8 Å². The van der Waals surface area contributed by atoms with Crippen LogP contribution >= 0.6 is 23.1 Å². The van der Waals surface area contributed by atoms with Gasteiger partial charge < -0.3 is 5.32 Å². The van der Waals surface area contributed by atoms with Crippen LogP contribution < -0.4 is 10.9 Å². The van der Waals surface area contributed by atoms with E-state index in [-0.39, 0.29) is 17.2 Å². The molecule has 5 nitrogen and oxygen atoms in total. The molecular weight excluding hydrogens is 450 g/mol. The first-order valence-corrected chi connectivity index (χ1v) is 12.5. The summed E-state index contributed by atoms with van der Waals surface area (Å²) in [6, 6.07) is 16.2. The van der Waals surface area contributed by atoms with Crippen LogP contribution in [0.15, 0.2) is 76.5 Å². The number of allylic oxidation sites excluding steroid dienone is 1. The average Bonchev–Trinajstić information content (AvgIpc) is 3.24. The lowest BCUT2D eigenvalue weighted by atomic mass is 10.1. The predicted molar refractivity (Wildman–Crippen MR) is 138 cm³/mol. The van der Waals surface area contributed by atoms with Gasteiger partial charge in [-0.3, -0.25) is 14.2 Å². The Bertz CT molecular complexity index is 1350. The Morgan fingerprint density at radius 2 is 1.79 bits per heavy atom. The van der Waals surface area contributed by atoms with Crippen LogP contribution in [0.5, 0.6) is 0 Å². The lowest BCUT2D eigenvalue weighted by molar-refractivity contribution is -0.118. The van der Waals surface area contributed by atoms with Crippen LogP contribution in [-0.4, -0.2) is 21.2 Å². The SMILES string of the molecule is C=CCn1c(SCC(=O)NCc2ccc(C)cc2)nc2scc(-c3ccc(C)cc3)c2c1=O. The average molecular weight is 476 g/mol. The number of thiophene rings is 1. The predicted octanol–water partition coefficient (Wildman–Crippen LogP) is 5.34. The monoisotopic (exact) mass is 475 g/mol. The van der Waals surface area contributed by atoms with Crippen LogP contribution in [-0.2, 0) is 17.9 Å². The summed E-state index contributed by atoms with van der Waals surface area (Å²) in [4.78, 5) is 31.3. The van der Waals surface area contributed by atoms with Crippen molar-refractivity contribution >= 4 is 39.2 Å². The third-order valence-corrected chi connectivity index (χ3v) is 7.12. The van der Waals surface area contributed by atoms with E-state index in [1.54, 1.807) is 10.6 Å². The summed E-state index contributed by atoms with van der Waals surface area (Å²) in [5.74, 6) is 0.0727. The number of nitrogens with zero attached hydrogens (tertiary/aromatic N) is 2. The van der Waals surface area contributed by atoms with Gasteiger partial charge in [0.1, 0.15) is 4.83 Å². The van der Waals surface area contributed by atoms with Gasteiger partial charge in [-0.05, 0) is 25.0 Å². The van der Waals surface area contributed by atoms with Crippen molar-refractivity contribution in [2.45, 2.75) is 32.1 Å². The number of rotatable bonds is 8. The second-order valence-corrected chi connectivity index (χ2v) is 9.65. The van der Waals surface area contributed by atoms with Crippen LogP contribution in [0.4, 0.5) is 0 Å². The fraction of sp³-hybridized carbons (Fsp3) is 0.192. The van der Waals surface area contributed by atoms with Gasteiger partial charge in [0.05, 0.1) is 11.1 Å². The Morgan fingerprint density at radius 1 is 1.12 bits per heavy atom. The fourth-order valence-corrected chi connectivity index (χ4v) is 5.27. The van der Waals surface area contributed by atoms with E-state index in [0.717, 1.165) is 16.7 Å². The number of hydrogen-bond donors (Lipinski definition) is 1. The highest BCUT2D eigenvalue weighted by Gasteiger charge is 2.17. The van der Waals surface area contributed by atoms with Crippen LogP contribution in [0.2, 0.25) is 0 Å². The molecule has 4 aromatic rings. The molecule has 0 spiro atoms. The van der Waals surface area contributed by atoms with Crippen molar-refractivity contribution in [3.05, 3.63) is 93.6 Å². The standard InChI is InChI=1S/C26H25N3O2S2/c1-4-13-29-25(31)23-21(20-11-7-18(3)8-12-20)15-32-24(23)28-26(29)33-16-22(30)27-14-19-9-5-17(2)6-10-19/h4-12,15H,1,13-14,16H2,2-3H3,(H,27,30). The molecule has 0 bridgehead atoms. The third-order valence-electron chi connectivity index (χ3n) is 5.28. The van der Waals surface area contributed by atoms with E-state index >= 15 is 0 Å². The zero-order valence-electron chi connectivity index (χ0n) is 18.6. The minimum Gasteiger partial charge on any atom is -0.351 e. The summed E-state index contributed by atoms with van der Waals surface area (Å²) in [5, 5.41) is 6.04. The number of nitrogens with one attached hydrogen (secondary N) is 1. The van der Waals surface area contributed by atoms with Crippen LogP contribution in [0.25, 0.3) is 21.3 Å². The molecule has 1 amide bonds. The second-order valence-electron chi connectivity index (χ2n) is 7.85. The fourth-order valence-electron chi connectivity index (χ4n) is 3.44. The number of aryl methyl sites for hydroxylation is 2. The van der Waals surface area contributed by atoms with Gasteiger partial charge in [0.25, 0.3) is 5.56 Å². The molecule has 2 aromatic carbocycles. The first kappa shape index (κ1) is 23.0. The van der Waals surface area contributed by atoms with Crippen LogP contribution in [0.3, 0.4) is 0 Å². The molecule has 0 fully saturated rings. The molecule has 0 saturated heterocycles. The highest BCUT2D eigenvalue weighted by Crippen LogP contribution is 2.32. The van der Waals surface area contributed by atoms with Crippen LogP contribution in [0, 0.1) is 13.8 Å². The van der Waals surface area contributed by atoms with E-state index in [2.05, 4.69) is 11.9 Å². The number of fused-ring (bicyclic) bond motifs is 1. The van der Waals surface area contributed by atoms with Crippen LogP contribution in [0.1, 0.15) is 16.7 Å². The first-order valence-electron chi connectivity index (χ1n) is 10.6. The number of carbonyl (C=O) groups is 1. The molecule has 0 saturated carbocycles. The molecule has 0 aliphatic heterocycles. The number of amides is 1. The summed E-state index contributed by atoms with van der Waals surface area (Å²) in [7, 11) is 0. The van der Waals surface area contributed by atoms with E-state index in [4.69, 9.17) is 4.98 Å². The maximum absolute atomic E-state index is 13.4. The minimum atomic E-state index is -0.112. The summed E-state index contributed by atoms with van der Waals surface area (Å²) >= 11 is 2.71. The smallest absolute Gasteiger partial charge is 0.263 e. The van der Waals surface area contributed by atoms with Gasteiger partial charge in [-0.2, -0.15) is 0 Å². The highest BCUT2D eigenvalue weighted by molar-refractivity contribution is 7.99. The van der Waals surface area contributed by atoms with Crippen molar-refractivity contribution in [3.63, 3.8) is 0 Å². The number of hydrogen-bond acceptors (Lipinski definition) is 5. The molecule has 33 heavy (non-hydrogen) atoms. The molecule has 2 aromatic heterocycles. The maximum atomic E-state index is 13.4. The normalized spacial score (nSPS) is 11.0. The van der Waals surface area contributed by atoms with Gasteiger partial charge >= 0.3 is 0 Å². The quantitative estimate of drug-likeness (QED) is 0.212. The van der Waals surface area contributed by atoms with Crippen molar-refractivity contribution < 1.29 is 4.79 Å². The Labute approximate surface area is 201 Å². The second kappa shape index (κ2) is 10.2. The Hall–Kier alpha value is -3.16. The molecule has 168 valence electrons. The number of carbonyl (C=O) groups excluding carboxylic acids is 1. The molecule has 0 radical (unpaired) electrons. The van der Waals surface area contributed by atoms with Gasteiger partial charge in [0.15, 0.2) is 5.16 Å². The molecule has 1 N–H and O–H groups in total. The minimum absolute atomic E-state index is 0.105. The van der Waals surface area contributed by atoms with Gasteiger partial charge in [-0.15, -0.1) is 17.9 Å². The van der Waals surface area contributed by atoms with Crippen molar-refractivity contribution in [1.82, 2.24) is 14.9 Å². The topological polar surface area (TPSA) is 64.0 Å². The Kier molecular flexibility index (Phi) is 7.11. The van der Waals surface area contributed by atoms with Gasteiger partial charge in [-0.25, -0.2) is 4.98 Å². The summed E-state index contributed by atoms with van der Waals surface area (Å²) < 4.78 is 1.59. The molecule has 2 heterocycles. The van der Waals surface area contributed by atoms with Gasteiger partial charge in [-0.1, -0.05) is 77.5 Å². The van der Waals surface area contributed by atoms with Crippen molar-refractivity contribution in [1.29, 1.82) is 0 Å².